The Hall–Kier alpha value is -1.79. The molecule has 0 radical (unpaired) electrons. The van der Waals surface area contributed by atoms with Crippen molar-refractivity contribution >= 4 is 18.0 Å². The molecule has 0 bridgehead atoms. The lowest BCUT2D eigenvalue weighted by atomic mass is 10.1. The van der Waals surface area contributed by atoms with Crippen molar-refractivity contribution in [2.75, 3.05) is 7.11 Å². The maximum atomic E-state index is 12.6. The molecule has 1 amide bonds. The number of carbonyl (C=O) groups is 3. The molecule has 4 atom stereocenters. The van der Waals surface area contributed by atoms with Crippen LogP contribution in [0.15, 0.2) is 0 Å². The number of hydrogen-bond acceptors (Lipinski definition) is 6. The number of carbonyl (C=O) groups excluding carboxylic acids is 3. The van der Waals surface area contributed by atoms with E-state index >= 15 is 0 Å². The zero-order valence-electron chi connectivity index (χ0n) is 14.7. The van der Waals surface area contributed by atoms with Crippen molar-refractivity contribution in [3.8, 4) is 0 Å². The molecule has 0 aromatic rings. The van der Waals surface area contributed by atoms with Gasteiger partial charge in [0, 0.05) is 5.92 Å². The summed E-state index contributed by atoms with van der Waals surface area (Å²) in [4.78, 5) is 38.0. The maximum absolute atomic E-state index is 12.6. The Kier molecular flexibility index (Phi) is 4.11. The van der Waals surface area contributed by atoms with Crippen LogP contribution in [-0.4, -0.2) is 47.4 Å². The van der Waals surface area contributed by atoms with E-state index in [4.69, 9.17) is 14.2 Å². The highest BCUT2D eigenvalue weighted by Gasteiger charge is 2.66. The minimum atomic E-state index is -1.12. The highest BCUT2D eigenvalue weighted by atomic mass is 16.6. The maximum Gasteiger partial charge on any atom is 0.414 e. The van der Waals surface area contributed by atoms with Gasteiger partial charge in [-0.1, -0.05) is 6.92 Å². The Balaban J connectivity index is 2.28. The first-order valence-electron chi connectivity index (χ1n) is 7.73. The molecule has 0 spiro atoms. The van der Waals surface area contributed by atoms with Crippen molar-refractivity contribution in [3.63, 3.8) is 0 Å². The lowest BCUT2D eigenvalue weighted by Gasteiger charge is -2.33. The van der Waals surface area contributed by atoms with Crippen LogP contribution in [0.2, 0.25) is 0 Å². The van der Waals surface area contributed by atoms with Gasteiger partial charge in [-0.2, -0.15) is 0 Å². The van der Waals surface area contributed by atoms with Gasteiger partial charge in [0.05, 0.1) is 13.0 Å². The molecule has 2 fully saturated rings. The van der Waals surface area contributed by atoms with Gasteiger partial charge in [0.15, 0.2) is 5.72 Å². The summed E-state index contributed by atoms with van der Waals surface area (Å²) in [6, 6.07) is -0.834. The molecule has 7 nitrogen and oxygen atoms in total. The lowest BCUT2D eigenvalue weighted by molar-refractivity contribution is -0.149. The van der Waals surface area contributed by atoms with E-state index < -0.39 is 35.3 Å². The van der Waals surface area contributed by atoms with E-state index in [9.17, 15) is 14.4 Å². The lowest BCUT2D eigenvalue weighted by Crippen LogP contribution is -2.51. The van der Waals surface area contributed by atoms with Gasteiger partial charge in [-0.3, -0.25) is 9.69 Å². The summed E-state index contributed by atoms with van der Waals surface area (Å²) < 4.78 is 15.5. The topological polar surface area (TPSA) is 82.1 Å². The van der Waals surface area contributed by atoms with Crippen molar-refractivity contribution in [3.05, 3.63) is 0 Å². The van der Waals surface area contributed by atoms with E-state index in [-0.39, 0.29) is 17.8 Å². The van der Waals surface area contributed by atoms with Gasteiger partial charge in [-0.15, -0.1) is 0 Å². The number of ether oxygens (including phenoxy) is 3. The van der Waals surface area contributed by atoms with E-state index in [1.54, 1.807) is 34.6 Å². The zero-order valence-corrected chi connectivity index (χ0v) is 14.7. The van der Waals surface area contributed by atoms with Crippen molar-refractivity contribution < 1.29 is 28.6 Å². The number of cyclic esters (lactones) is 1. The summed E-state index contributed by atoms with van der Waals surface area (Å²) in [5.74, 6) is -1.66. The average Bonchev–Trinajstić information content (AvgIpc) is 2.94. The van der Waals surface area contributed by atoms with Gasteiger partial charge in [0.2, 0.25) is 0 Å². The molecule has 7 heteroatoms. The van der Waals surface area contributed by atoms with Crippen molar-refractivity contribution in [1.29, 1.82) is 0 Å². The molecular formula is C16H25NO6. The summed E-state index contributed by atoms with van der Waals surface area (Å²) in [6.45, 7) is 10.4. The van der Waals surface area contributed by atoms with Crippen LogP contribution >= 0.6 is 0 Å². The van der Waals surface area contributed by atoms with Crippen molar-refractivity contribution in [2.45, 2.75) is 58.9 Å². The predicted octanol–water partition coefficient (Wildman–Crippen LogP) is 1.94. The van der Waals surface area contributed by atoms with Gasteiger partial charge in [-0.25, -0.2) is 9.59 Å². The monoisotopic (exact) mass is 327 g/mol. The second kappa shape index (κ2) is 5.39. The van der Waals surface area contributed by atoms with E-state index in [1.807, 2.05) is 6.92 Å². The zero-order chi connectivity index (χ0) is 17.7. The second-order valence-electron chi connectivity index (χ2n) is 7.65. The standard InChI is InChI=1S/C16H25NO6/c1-8-9(10(8)12(18)21-7)11-13(19)22-16(5,6)17(11)14(20)23-15(2,3)4/h8-11H,1-7H3/t8-,9+,10+,11+/m1/s1. The summed E-state index contributed by atoms with van der Waals surface area (Å²) in [6.07, 6.45) is -0.624. The Morgan fingerprint density at radius 3 is 2.30 bits per heavy atom. The SMILES string of the molecule is COC(=O)[C@H]1[C@H](C)[C@@H]1[C@H]1C(=O)OC(C)(C)N1C(=O)OC(C)(C)C. The molecule has 0 N–H and O–H groups in total. The van der Waals surface area contributed by atoms with Gasteiger partial charge in [-0.05, 0) is 40.5 Å². The van der Waals surface area contributed by atoms with Crippen molar-refractivity contribution in [2.24, 2.45) is 17.8 Å². The third-order valence-corrected chi connectivity index (χ3v) is 4.33. The van der Waals surface area contributed by atoms with Crippen LogP contribution in [0.4, 0.5) is 4.79 Å². The van der Waals surface area contributed by atoms with E-state index in [2.05, 4.69) is 0 Å². The first-order chi connectivity index (χ1) is 10.4. The largest absolute Gasteiger partial charge is 0.469 e. The number of nitrogens with zero attached hydrogens (tertiary/aromatic N) is 1. The fourth-order valence-electron chi connectivity index (χ4n) is 3.26. The average molecular weight is 327 g/mol. The molecule has 0 aromatic carbocycles. The normalized spacial score (nSPS) is 32.3. The van der Waals surface area contributed by atoms with Crippen LogP contribution in [0.1, 0.15) is 41.5 Å². The van der Waals surface area contributed by atoms with Gasteiger partial charge in [0.25, 0.3) is 0 Å². The Morgan fingerprint density at radius 1 is 1.26 bits per heavy atom. The Morgan fingerprint density at radius 2 is 1.83 bits per heavy atom. The van der Waals surface area contributed by atoms with Crippen LogP contribution in [0.3, 0.4) is 0 Å². The van der Waals surface area contributed by atoms with E-state index in [0.29, 0.717) is 0 Å². The molecule has 1 aliphatic carbocycles. The summed E-state index contributed by atoms with van der Waals surface area (Å²) in [5.41, 5.74) is -1.81. The molecule has 1 aliphatic heterocycles. The van der Waals surface area contributed by atoms with Gasteiger partial charge < -0.3 is 14.2 Å². The minimum absolute atomic E-state index is 0.0566. The number of esters is 2. The van der Waals surface area contributed by atoms with Crippen LogP contribution in [-0.2, 0) is 23.8 Å². The molecule has 2 aliphatic rings. The van der Waals surface area contributed by atoms with Crippen LogP contribution in [0.5, 0.6) is 0 Å². The second-order valence-corrected chi connectivity index (χ2v) is 7.65. The number of amides is 1. The number of methoxy groups -OCH3 is 1. The predicted molar refractivity (Wildman–Crippen MR) is 80.2 cm³/mol. The third-order valence-electron chi connectivity index (χ3n) is 4.33. The Bertz CT molecular complexity index is 535. The quantitative estimate of drug-likeness (QED) is 0.569. The van der Waals surface area contributed by atoms with Gasteiger partial charge >= 0.3 is 18.0 Å². The molecule has 1 saturated carbocycles. The fourth-order valence-corrected chi connectivity index (χ4v) is 3.26. The number of rotatable bonds is 2. The summed E-state index contributed by atoms with van der Waals surface area (Å²) in [7, 11) is 1.31. The van der Waals surface area contributed by atoms with E-state index in [1.165, 1.54) is 12.0 Å². The first-order valence-corrected chi connectivity index (χ1v) is 7.73. The first kappa shape index (κ1) is 17.6. The highest BCUT2D eigenvalue weighted by Crippen LogP contribution is 2.53. The molecule has 0 unspecified atom stereocenters. The van der Waals surface area contributed by atoms with Crippen LogP contribution in [0.25, 0.3) is 0 Å². The van der Waals surface area contributed by atoms with E-state index in [0.717, 1.165) is 0 Å². The molecule has 2 rings (SSSR count). The molecule has 1 heterocycles. The highest BCUT2D eigenvalue weighted by molar-refractivity contribution is 5.88. The fraction of sp³-hybridized carbons (Fsp3) is 0.812. The molecular weight excluding hydrogens is 302 g/mol. The molecule has 130 valence electrons. The Labute approximate surface area is 136 Å². The molecule has 0 aromatic heterocycles. The number of hydrogen-bond donors (Lipinski definition) is 0. The summed E-state index contributed by atoms with van der Waals surface area (Å²) in [5, 5.41) is 0. The molecule has 23 heavy (non-hydrogen) atoms. The van der Waals surface area contributed by atoms with Crippen LogP contribution < -0.4 is 0 Å². The minimum Gasteiger partial charge on any atom is -0.469 e. The van der Waals surface area contributed by atoms with Crippen LogP contribution in [0, 0.1) is 17.8 Å². The molecule has 1 saturated heterocycles. The van der Waals surface area contributed by atoms with Crippen molar-refractivity contribution in [1.82, 2.24) is 4.90 Å². The third kappa shape index (κ3) is 3.14. The van der Waals surface area contributed by atoms with Gasteiger partial charge in [0.1, 0.15) is 11.6 Å². The smallest absolute Gasteiger partial charge is 0.414 e. The summed E-state index contributed by atoms with van der Waals surface area (Å²) >= 11 is 0.